The summed E-state index contributed by atoms with van der Waals surface area (Å²) in [6, 6.07) is 0. The van der Waals surface area contributed by atoms with Gasteiger partial charge in [-0.2, -0.15) is 0 Å². The first-order valence-electron chi connectivity index (χ1n) is 7.43. The summed E-state index contributed by atoms with van der Waals surface area (Å²) in [6.07, 6.45) is 5.73. The summed E-state index contributed by atoms with van der Waals surface area (Å²) in [6.45, 7) is 15.9. The molecule has 2 aliphatic rings. The minimum absolute atomic E-state index is 0.362. The second-order valence-electron chi connectivity index (χ2n) is 7.13. The van der Waals surface area contributed by atoms with Crippen molar-refractivity contribution in [1.82, 2.24) is 9.80 Å². The van der Waals surface area contributed by atoms with Crippen LogP contribution >= 0.6 is 0 Å². The van der Waals surface area contributed by atoms with Crippen molar-refractivity contribution < 1.29 is 0 Å². The molecule has 0 unspecified atom stereocenters. The van der Waals surface area contributed by atoms with Gasteiger partial charge in [0, 0.05) is 12.1 Å². The number of rotatable bonds is 1. The van der Waals surface area contributed by atoms with Crippen LogP contribution in [0, 0.1) is 5.41 Å². The molecule has 0 saturated carbocycles. The van der Waals surface area contributed by atoms with E-state index in [0.29, 0.717) is 11.0 Å². The Morgan fingerprint density at radius 1 is 1.00 bits per heavy atom. The molecule has 0 atom stereocenters. The highest BCUT2D eigenvalue weighted by atomic mass is 15.2. The third-order valence-electron chi connectivity index (χ3n) is 4.96. The lowest BCUT2D eigenvalue weighted by atomic mass is 9.72. The molecular formula is C15H30N2. The molecule has 0 radical (unpaired) electrons. The van der Waals surface area contributed by atoms with Gasteiger partial charge in [0.05, 0.1) is 0 Å². The topological polar surface area (TPSA) is 6.48 Å². The van der Waals surface area contributed by atoms with Crippen LogP contribution in [0.15, 0.2) is 0 Å². The Labute approximate surface area is 107 Å². The van der Waals surface area contributed by atoms with E-state index in [2.05, 4.69) is 37.5 Å². The van der Waals surface area contributed by atoms with Crippen molar-refractivity contribution >= 4 is 0 Å². The molecule has 0 N–H and O–H groups in total. The third kappa shape index (κ3) is 3.03. The standard InChI is InChI=1S/C15H30N2/c1-5-16-10-6-7-15(13-16)8-11-17(12-9-15)14(2,3)4/h5-13H2,1-4H3. The Morgan fingerprint density at radius 3 is 2.18 bits per heavy atom. The molecule has 0 amide bonds. The molecule has 0 aromatic carbocycles. The van der Waals surface area contributed by atoms with Crippen LogP contribution in [0.2, 0.25) is 0 Å². The fourth-order valence-electron chi connectivity index (χ4n) is 3.64. The maximum absolute atomic E-state index is 2.67. The average Bonchev–Trinajstić information content (AvgIpc) is 2.28. The van der Waals surface area contributed by atoms with E-state index in [4.69, 9.17) is 0 Å². The van der Waals surface area contributed by atoms with E-state index >= 15 is 0 Å². The number of nitrogens with zero attached hydrogens (tertiary/aromatic N) is 2. The van der Waals surface area contributed by atoms with Crippen molar-refractivity contribution in [2.45, 2.75) is 58.9 Å². The Bertz CT molecular complexity index is 246. The van der Waals surface area contributed by atoms with E-state index in [0.717, 1.165) is 0 Å². The van der Waals surface area contributed by atoms with Crippen molar-refractivity contribution in [2.24, 2.45) is 5.41 Å². The van der Waals surface area contributed by atoms with Crippen LogP contribution in [0.5, 0.6) is 0 Å². The molecule has 17 heavy (non-hydrogen) atoms. The molecule has 2 saturated heterocycles. The fourth-order valence-corrected chi connectivity index (χ4v) is 3.64. The normalized spacial score (nSPS) is 27.5. The zero-order chi connectivity index (χ0) is 12.5. The Morgan fingerprint density at radius 2 is 1.65 bits per heavy atom. The quantitative estimate of drug-likeness (QED) is 0.693. The summed E-state index contributed by atoms with van der Waals surface area (Å²) in [5.74, 6) is 0. The third-order valence-corrected chi connectivity index (χ3v) is 4.96. The molecule has 0 aromatic heterocycles. The van der Waals surface area contributed by atoms with E-state index < -0.39 is 0 Å². The van der Waals surface area contributed by atoms with Crippen LogP contribution in [0.1, 0.15) is 53.4 Å². The number of hydrogen-bond acceptors (Lipinski definition) is 2. The minimum atomic E-state index is 0.362. The first-order chi connectivity index (χ1) is 7.95. The first kappa shape index (κ1) is 13.4. The van der Waals surface area contributed by atoms with Gasteiger partial charge >= 0.3 is 0 Å². The van der Waals surface area contributed by atoms with Crippen LogP contribution < -0.4 is 0 Å². The average molecular weight is 238 g/mol. The van der Waals surface area contributed by atoms with Crippen LogP contribution in [0.3, 0.4) is 0 Å². The summed E-state index contributed by atoms with van der Waals surface area (Å²) in [7, 11) is 0. The summed E-state index contributed by atoms with van der Waals surface area (Å²) in [4.78, 5) is 5.33. The molecule has 0 aromatic rings. The highest BCUT2D eigenvalue weighted by Gasteiger charge is 2.39. The number of likely N-dealkylation sites (tertiary alicyclic amines) is 2. The van der Waals surface area contributed by atoms with Gasteiger partial charge in [0.15, 0.2) is 0 Å². The van der Waals surface area contributed by atoms with Crippen molar-refractivity contribution in [1.29, 1.82) is 0 Å². The molecule has 2 nitrogen and oxygen atoms in total. The molecule has 100 valence electrons. The lowest BCUT2D eigenvalue weighted by Gasteiger charge is -2.50. The molecule has 2 fully saturated rings. The van der Waals surface area contributed by atoms with Gasteiger partial charge in [-0.1, -0.05) is 6.92 Å². The summed E-state index contributed by atoms with van der Waals surface area (Å²) in [5.41, 5.74) is 1.02. The van der Waals surface area contributed by atoms with E-state index in [1.807, 2.05) is 0 Å². The van der Waals surface area contributed by atoms with Gasteiger partial charge in [-0.25, -0.2) is 0 Å². The molecular weight excluding hydrogens is 208 g/mol. The molecule has 0 bridgehead atoms. The lowest BCUT2D eigenvalue weighted by molar-refractivity contribution is -0.00276. The largest absolute Gasteiger partial charge is 0.303 e. The van der Waals surface area contributed by atoms with E-state index in [1.54, 1.807) is 0 Å². The maximum atomic E-state index is 2.67. The van der Waals surface area contributed by atoms with Gasteiger partial charge in [0.25, 0.3) is 0 Å². The van der Waals surface area contributed by atoms with Gasteiger partial charge in [0.2, 0.25) is 0 Å². The van der Waals surface area contributed by atoms with E-state index in [-0.39, 0.29) is 0 Å². The van der Waals surface area contributed by atoms with E-state index in [1.165, 1.54) is 58.4 Å². The Balaban J connectivity index is 1.93. The number of hydrogen-bond donors (Lipinski definition) is 0. The van der Waals surface area contributed by atoms with Crippen LogP contribution in [0.4, 0.5) is 0 Å². The predicted molar refractivity (Wildman–Crippen MR) is 74.3 cm³/mol. The van der Waals surface area contributed by atoms with E-state index in [9.17, 15) is 0 Å². The Hall–Kier alpha value is -0.0800. The predicted octanol–water partition coefficient (Wildman–Crippen LogP) is 2.98. The number of piperidine rings is 2. The fraction of sp³-hybridized carbons (Fsp3) is 1.00. The van der Waals surface area contributed by atoms with Gasteiger partial charge in [0.1, 0.15) is 0 Å². The van der Waals surface area contributed by atoms with Crippen molar-refractivity contribution in [3.63, 3.8) is 0 Å². The zero-order valence-corrected chi connectivity index (χ0v) is 12.3. The first-order valence-corrected chi connectivity index (χ1v) is 7.43. The molecule has 2 heteroatoms. The lowest BCUT2D eigenvalue weighted by Crippen LogP contribution is -2.53. The molecule has 2 heterocycles. The van der Waals surface area contributed by atoms with Gasteiger partial charge in [-0.15, -0.1) is 0 Å². The van der Waals surface area contributed by atoms with Gasteiger partial charge < -0.3 is 4.90 Å². The molecule has 2 aliphatic heterocycles. The van der Waals surface area contributed by atoms with Crippen LogP contribution in [-0.2, 0) is 0 Å². The van der Waals surface area contributed by atoms with Crippen molar-refractivity contribution in [3.05, 3.63) is 0 Å². The van der Waals surface area contributed by atoms with Gasteiger partial charge in [-0.3, -0.25) is 4.90 Å². The van der Waals surface area contributed by atoms with Crippen LogP contribution in [-0.4, -0.2) is 48.1 Å². The molecule has 1 spiro atoms. The minimum Gasteiger partial charge on any atom is -0.303 e. The summed E-state index contributed by atoms with van der Waals surface area (Å²) in [5, 5.41) is 0. The molecule has 2 rings (SSSR count). The maximum Gasteiger partial charge on any atom is 0.0125 e. The second kappa shape index (κ2) is 4.89. The smallest absolute Gasteiger partial charge is 0.0125 e. The SMILES string of the molecule is CCN1CCCC2(CCN(C(C)(C)C)CC2)C1. The van der Waals surface area contributed by atoms with Crippen molar-refractivity contribution in [2.75, 3.05) is 32.7 Å². The summed E-state index contributed by atoms with van der Waals surface area (Å²) < 4.78 is 0. The van der Waals surface area contributed by atoms with Crippen molar-refractivity contribution in [3.8, 4) is 0 Å². The second-order valence-corrected chi connectivity index (χ2v) is 7.13. The van der Waals surface area contributed by atoms with Crippen LogP contribution in [0.25, 0.3) is 0 Å². The highest BCUT2D eigenvalue weighted by molar-refractivity contribution is 4.93. The van der Waals surface area contributed by atoms with Gasteiger partial charge in [-0.05, 0) is 78.0 Å². The monoisotopic (exact) mass is 238 g/mol. The summed E-state index contributed by atoms with van der Waals surface area (Å²) >= 11 is 0. The zero-order valence-electron chi connectivity index (χ0n) is 12.3. The highest BCUT2D eigenvalue weighted by Crippen LogP contribution is 2.40. The Kier molecular flexibility index (Phi) is 3.84. The molecule has 0 aliphatic carbocycles.